The van der Waals surface area contributed by atoms with E-state index in [1.807, 2.05) is 12.1 Å². The molecule has 2 aromatic rings. The smallest absolute Gasteiger partial charge is 0.262 e. The normalized spacial score (nSPS) is 14.6. The first-order valence-electron chi connectivity index (χ1n) is 7.85. The summed E-state index contributed by atoms with van der Waals surface area (Å²) in [7, 11) is -2.79. The van der Waals surface area contributed by atoms with Gasteiger partial charge in [-0.2, -0.15) is 0 Å². The van der Waals surface area contributed by atoms with Gasteiger partial charge in [0.15, 0.2) is 17.3 Å². The van der Waals surface area contributed by atoms with E-state index in [9.17, 15) is 17.9 Å². The van der Waals surface area contributed by atoms with Crippen LogP contribution in [0.5, 0.6) is 11.5 Å². The number of rotatable bonds is 5. The third-order valence-electron chi connectivity index (χ3n) is 4.12. The van der Waals surface area contributed by atoms with Crippen molar-refractivity contribution in [2.75, 3.05) is 29.8 Å². The van der Waals surface area contributed by atoms with Crippen LogP contribution >= 0.6 is 0 Å². The van der Waals surface area contributed by atoms with E-state index in [4.69, 9.17) is 4.74 Å². The summed E-state index contributed by atoms with van der Waals surface area (Å²) in [5, 5.41) is 9.49. The van der Waals surface area contributed by atoms with Crippen LogP contribution in [0.1, 0.15) is 12.8 Å². The minimum atomic E-state index is -4.01. The van der Waals surface area contributed by atoms with Gasteiger partial charge < -0.3 is 14.7 Å². The maximum absolute atomic E-state index is 13.7. The van der Waals surface area contributed by atoms with E-state index in [1.165, 1.54) is 7.11 Å². The highest BCUT2D eigenvalue weighted by Gasteiger charge is 2.20. The standard InChI is InChI=1S/C17H19FN2O4S/c1-24-16-11-14(10-15(18)17(16)21)25(22,23)19-12-4-6-13(7-5-12)20-8-2-3-9-20/h4-7,10-11,19,21H,2-3,8-9H2,1H3. The third kappa shape index (κ3) is 3.63. The summed E-state index contributed by atoms with van der Waals surface area (Å²) in [5.74, 6) is -2.04. The zero-order valence-electron chi connectivity index (χ0n) is 13.7. The number of benzene rings is 2. The number of nitrogens with zero attached hydrogens (tertiary/aromatic N) is 1. The molecular weight excluding hydrogens is 347 g/mol. The zero-order chi connectivity index (χ0) is 18.0. The molecule has 0 aromatic heterocycles. The van der Waals surface area contributed by atoms with E-state index in [2.05, 4.69) is 9.62 Å². The van der Waals surface area contributed by atoms with Crippen molar-refractivity contribution in [2.45, 2.75) is 17.7 Å². The summed E-state index contributed by atoms with van der Waals surface area (Å²) in [6.45, 7) is 2.00. The number of phenols is 1. The second kappa shape index (κ2) is 6.79. The summed E-state index contributed by atoms with van der Waals surface area (Å²) < 4.78 is 45.8. The predicted octanol–water partition coefficient (Wildman–Crippen LogP) is 2.94. The van der Waals surface area contributed by atoms with Crippen molar-refractivity contribution in [1.82, 2.24) is 0 Å². The molecule has 1 fully saturated rings. The molecule has 0 saturated carbocycles. The molecule has 3 rings (SSSR count). The molecule has 0 unspecified atom stereocenters. The molecule has 1 heterocycles. The summed E-state index contributed by atoms with van der Waals surface area (Å²) in [4.78, 5) is 1.90. The SMILES string of the molecule is COc1cc(S(=O)(=O)Nc2ccc(N3CCCC3)cc2)cc(F)c1O. The van der Waals surface area contributed by atoms with Gasteiger partial charge in [-0.3, -0.25) is 4.72 Å². The van der Waals surface area contributed by atoms with Gasteiger partial charge in [0.2, 0.25) is 0 Å². The van der Waals surface area contributed by atoms with Crippen LogP contribution < -0.4 is 14.4 Å². The van der Waals surface area contributed by atoms with Crippen molar-refractivity contribution in [1.29, 1.82) is 0 Å². The molecule has 25 heavy (non-hydrogen) atoms. The zero-order valence-corrected chi connectivity index (χ0v) is 14.5. The lowest BCUT2D eigenvalue weighted by Crippen LogP contribution is -2.17. The number of anilines is 2. The number of ether oxygens (including phenoxy) is 1. The lowest BCUT2D eigenvalue weighted by molar-refractivity contribution is 0.355. The Morgan fingerprint density at radius 1 is 1.16 bits per heavy atom. The molecule has 134 valence electrons. The average Bonchev–Trinajstić information content (AvgIpc) is 3.12. The highest BCUT2D eigenvalue weighted by molar-refractivity contribution is 7.92. The molecule has 6 nitrogen and oxygen atoms in total. The van der Waals surface area contributed by atoms with E-state index in [0.29, 0.717) is 5.69 Å². The number of sulfonamides is 1. The molecule has 0 aliphatic carbocycles. The van der Waals surface area contributed by atoms with Crippen LogP contribution in [0.4, 0.5) is 15.8 Å². The Balaban J connectivity index is 1.82. The fraction of sp³-hybridized carbons (Fsp3) is 0.294. The Bertz CT molecular complexity index is 863. The van der Waals surface area contributed by atoms with Gasteiger partial charge in [0.25, 0.3) is 10.0 Å². The first-order valence-corrected chi connectivity index (χ1v) is 9.33. The molecule has 1 aliphatic heterocycles. The summed E-state index contributed by atoms with van der Waals surface area (Å²) in [5.41, 5.74) is 1.41. The van der Waals surface area contributed by atoms with Gasteiger partial charge in [-0.25, -0.2) is 12.8 Å². The van der Waals surface area contributed by atoms with Crippen LogP contribution in [0.25, 0.3) is 0 Å². The third-order valence-corrected chi connectivity index (χ3v) is 5.48. The van der Waals surface area contributed by atoms with Crippen LogP contribution in [-0.4, -0.2) is 33.7 Å². The maximum atomic E-state index is 13.7. The number of halogens is 1. The second-order valence-corrected chi connectivity index (χ2v) is 7.48. The minimum absolute atomic E-state index is 0.246. The number of nitrogens with one attached hydrogen (secondary N) is 1. The van der Waals surface area contributed by atoms with Crippen molar-refractivity contribution >= 4 is 21.4 Å². The molecule has 8 heteroatoms. The summed E-state index contributed by atoms with van der Waals surface area (Å²) >= 11 is 0. The second-order valence-electron chi connectivity index (χ2n) is 5.80. The molecular formula is C17H19FN2O4S. The average molecular weight is 366 g/mol. The monoisotopic (exact) mass is 366 g/mol. The molecule has 0 atom stereocenters. The number of hydrogen-bond acceptors (Lipinski definition) is 5. The number of phenolic OH excluding ortho intramolecular Hbond substituents is 1. The Hall–Kier alpha value is -2.48. The number of hydrogen-bond donors (Lipinski definition) is 2. The topological polar surface area (TPSA) is 78.9 Å². The Morgan fingerprint density at radius 2 is 1.80 bits per heavy atom. The van der Waals surface area contributed by atoms with Crippen LogP contribution in [-0.2, 0) is 10.0 Å². The van der Waals surface area contributed by atoms with E-state index in [1.54, 1.807) is 12.1 Å². The summed E-state index contributed by atoms with van der Waals surface area (Å²) in [6.07, 6.45) is 2.31. The molecule has 2 N–H and O–H groups in total. The number of aromatic hydroxyl groups is 1. The highest BCUT2D eigenvalue weighted by Crippen LogP contribution is 2.32. The maximum Gasteiger partial charge on any atom is 0.262 e. The van der Waals surface area contributed by atoms with E-state index >= 15 is 0 Å². The lowest BCUT2D eigenvalue weighted by Gasteiger charge is -2.18. The van der Waals surface area contributed by atoms with E-state index in [0.717, 1.165) is 43.8 Å². The van der Waals surface area contributed by atoms with Crippen LogP contribution in [0.2, 0.25) is 0 Å². The molecule has 0 amide bonds. The Labute approximate surface area is 145 Å². The first-order chi connectivity index (χ1) is 11.9. The van der Waals surface area contributed by atoms with Gasteiger partial charge in [-0.15, -0.1) is 0 Å². The minimum Gasteiger partial charge on any atom is -0.502 e. The highest BCUT2D eigenvalue weighted by atomic mass is 32.2. The summed E-state index contributed by atoms with van der Waals surface area (Å²) in [6, 6.07) is 8.85. The predicted molar refractivity (Wildman–Crippen MR) is 93.3 cm³/mol. The number of methoxy groups -OCH3 is 1. The fourth-order valence-electron chi connectivity index (χ4n) is 2.79. The fourth-order valence-corrected chi connectivity index (χ4v) is 3.88. The first kappa shape index (κ1) is 17.3. The van der Waals surface area contributed by atoms with Crippen molar-refractivity contribution in [3.05, 3.63) is 42.2 Å². The van der Waals surface area contributed by atoms with Crippen molar-refractivity contribution < 1.29 is 22.7 Å². The molecule has 2 aromatic carbocycles. The van der Waals surface area contributed by atoms with Gasteiger partial charge in [0.05, 0.1) is 12.0 Å². The largest absolute Gasteiger partial charge is 0.502 e. The van der Waals surface area contributed by atoms with Gasteiger partial charge in [0.1, 0.15) is 0 Å². The van der Waals surface area contributed by atoms with Crippen molar-refractivity contribution in [2.24, 2.45) is 0 Å². The van der Waals surface area contributed by atoms with Gasteiger partial charge in [0, 0.05) is 30.5 Å². The van der Waals surface area contributed by atoms with E-state index < -0.39 is 21.6 Å². The van der Waals surface area contributed by atoms with Crippen molar-refractivity contribution in [3.8, 4) is 11.5 Å². The van der Waals surface area contributed by atoms with Crippen LogP contribution in [0.3, 0.4) is 0 Å². The van der Waals surface area contributed by atoms with Gasteiger partial charge in [-0.1, -0.05) is 0 Å². The Morgan fingerprint density at radius 3 is 2.40 bits per heavy atom. The van der Waals surface area contributed by atoms with Gasteiger partial charge in [-0.05, 0) is 43.2 Å². The van der Waals surface area contributed by atoms with Crippen LogP contribution in [0.15, 0.2) is 41.3 Å². The molecule has 0 spiro atoms. The molecule has 1 saturated heterocycles. The molecule has 1 aliphatic rings. The molecule has 0 radical (unpaired) electrons. The Kier molecular flexibility index (Phi) is 4.71. The van der Waals surface area contributed by atoms with E-state index in [-0.39, 0.29) is 10.6 Å². The van der Waals surface area contributed by atoms with Crippen LogP contribution in [0, 0.1) is 5.82 Å². The lowest BCUT2D eigenvalue weighted by atomic mass is 10.2. The van der Waals surface area contributed by atoms with Gasteiger partial charge >= 0.3 is 0 Å². The molecule has 0 bridgehead atoms. The quantitative estimate of drug-likeness (QED) is 0.851. The van der Waals surface area contributed by atoms with Crippen molar-refractivity contribution in [3.63, 3.8) is 0 Å².